The molecule has 96 valence electrons. The summed E-state index contributed by atoms with van der Waals surface area (Å²) in [5.41, 5.74) is 2.15. The van der Waals surface area contributed by atoms with E-state index in [1.165, 1.54) is 0 Å². The summed E-state index contributed by atoms with van der Waals surface area (Å²) in [6, 6.07) is 0. The predicted molar refractivity (Wildman–Crippen MR) is 71.5 cm³/mol. The zero-order chi connectivity index (χ0) is 13.0. The molecule has 0 fully saturated rings. The summed E-state index contributed by atoms with van der Waals surface area (Å²) in [7, 11) is 1.91. The molecule has 0 spiro atoms. The van der Waals surface area contributed by atoms with E-state index in [-0.39, 0.29) is 0 Å². The molecule has 0 aromatic carbocycles. The van der Waals surface area contributed by atoms with Crippen molar-refractivity contribution in [3.63, 3.8) is 0 Å². The monoisotopic (exact) mass is 246 g/mol. The summed E-state index contributed by atoms with van der Waals surface area (Å²) in [6.07, 6.45) is 5.64. The van der Waals surface area contributed by atoms with Gasteiger partial charge >= 0.3 is 0 Å². The van der Waals surface area contributed by atoms with Gasteiger partial charge < -0.3 is 10.6 Å². The van der Waals surface area contributed by atoms with E-state index >= 15 is 0 Å². The van der Waals surface area contributed by atoms with Crippen molar-refractivity contribution in [2.45, 2.75) is 20.4 Å². The van der Waals surface area contributed by atoms with Crippen LogP contribution in [0.15, 0.2) is 18.6 Å². The van der Waals surface area contributed by atoms with Gasteiger partial charge in [0, 0.05) is 43.7 Å². The van der Waals surface area contributed by atoms with Crippen LogP contribution in [0.3, 0.4) is 0 Å². The van der Waals surface area contributed by atoms with E-state index in [1.807, 2.05) is 39.5 Å². The van der Waals surface area contributed by atoms with E-state index < -0.39 is 0 Å². The molecule has 0 atom stereocenters. The fraction of sp³-hybridized carbons (Fsp3) is 0.417. The molecule has 0 radical (unpaired) electrons. The number of hydrogen-bond donors (Lipinski definition) is 2. The van der Waals surface area contributed by atoms with Crippen molar-refractivity contribution in [3.05, 3.63) is 29.7 Å². The van der Waals surface area contributed by atoms with Gasteiger partial charge in [0.15, 0.2) is 0 Å². The molecule has 6 heteroatoms. The van der Waals surface area contributed by atoms with Gasteiger partial charge in [-0.1, -0.05) is 0 Å². The van der Waals surface area contributed by atoms with Crippen molar-refractivity contribution in [2.75, 3.05) is 17.2 Å². The number of nitrogens with one attached hydrogen (secondary N) is 2. The summed E-state index contributed by atoms with van der Waals surface area (Å²) < 4.78 is 1.79. The fourth-order valence-electron chi connectivity index (χ4n) is 1.61. The molecule has 0 unspecified atom stereocenters. The Balaban J connectivity index is 2.05. The van der Waals surface area contributed by atoms with Crippen LogP contribution in [0.5, 0.6) is 0 Å². The molecule has 0 aliphatic heterocycles. The van der Waals surface area contributed by atoms with Crippen LogP contribution in [0.2, 0.25) is 0 Å². The van der Waals surface area contributed by atoms with Gasteiger partial charge in [-0.05, 0) is 13.8 Å². The minimum absolute atomic E-state index is 0.650. The Kier molecular flexibility index (Phi) is 3.76. The lowest BCUT2D eigenvalue weighted by molar-refractivity contribution is 0.767. The molecule has 6 nitrogen and oxygen atoms in total. The van der Waals surface area contributed by atoms with E-state index in [0.717, 1.165) is 23.5 Å². The molecule has 2 rings (SSSR count). The number of aromatic nitrogens is 4. The lowest BCUT2D eigenvalue weighted by Crippen LogP contribution is -2.07. The highest BCUT2D eigenvalue weighted by Crippen LogP contribution is 2.13. The molecule has 0 saturated heterocycles. The van der Waals surface area contributed by atoms with Crippen LogP contribution in [-0.4, -0.2) is 26.3 Å². The van der Waals surface area contributed by atoms with Gasteiger partial charge in [0.2, 0.25) is 5.95 Å². The molecule has 0 saturated carbocycles. The number of nitrogens with zero attached hydrogens (tertiary/aromatic N) is 4. The maximum atomic E-state index is 4.42. The Hall–Kier alpha value is -2.11. The second kappa shape index (κ2) is 5.48. The largest absolute Gasteiger partial charge is 0.365 e. The Bertz CT molecular complexity index is 519. The highest BCUT2D eigenvalue weighted by atomic mass is 15.2. The van der Waals surface area contributed by atoms with Crippen LogP contribution in [-0.2, 0) is 13.6 Å². The highest BCUT2D eigenvalue weighted by Gasteiger charge is 2.03. The van der Waals surface area contributed by atoms with Crippen LogP contribution >= 0.6 is 0 Å². The van der Waals surface area contributed by atoms with E-state index in [2.05, 4.69) is 25.7 Å². The van der Waals surface area contributed by atoms with E-state index in [9.17, 15) is 0 Å². The molecule has 0 aliphatic carbocycles. The van der Waals surface area contributed by atoms with E-state index in [4.69, 9.17) is 0 Å². The second-order valence-electron chi connectivity index (χ2n) is 4.13. The Morgan fingerprint density at radius 1 is 1.28 bits per heavy atom. The first kappa shape index (κ1) is 12.3. The molecule has 2 aromatic heterocycles. The zero-order valence-corrected chi connectivity index (χ0v) is 10.9. The van der Waals surface area contributed by atoms with Crippen molar-refractivity contribution < 1.29 is 0 Å². The summed E-state index contributed by atoms with van der Waals surface area (Å²) in [5.74, 6) is 1.50. The average Bonchev–Trinajstić information content (AvgIpc) is 2.76. The lowest BCUT2D eigenvalue weighted by Gasteiger charge is -2.09. The number of anilines is 2. The van der Waals surface area contributed by atoms with Gasteiger partial charge in [-0.2, -0.15) is 10.1 Å². The normalized spacial score (nSPS) is 10.4. The minimum atomic E-state index is 0.650. The average molecular weight is 246 g/mol. The quantitative estimate of drug-likeness (QED) is 0.838. The smallest absolute Gasteiger partial charge is 0.224 e. The Morgan fingerprint density at radius 3 is 2.78 bits per heavy atom. The van der Waals surface area contributed by atoms with Crippen molar-refractivity contribution in [1.29, 1.82) is 0 Å². The first-order valence-corrected chi connectivity index (χ1v) is 5.98. The van der Waals surface area contributed by atoms with Crippen LogP contribution in [0, 0.1) is 6.92 Å². The Morgan fingerprint density at radius 2 is 2.11 bits per heavy atom. The van der Waals surface area contributed by atoms with Crippen LogP contribution in [0.25, 0.3) is 0 Å². The third kappa shape index (κ3) is 2.97. The minimum Gasteiger partial charge on any atom is -0.365 e. The summed E-state index contributed by atoms with van der Waals surface area (Å²) in [5, 5.41) is 10.5. The maximum absolute atomic E-state index is 4.42. The highest BCUT2D eigenvalue weighted by molar-refractivity contribution is 5.46. The van der Waals surface area contributed by atoms with Gasteiger partial charge in [-0.25, -0.2) is 4.98 Å². The van der Waals surface area contributed by atoms with Crippen molar-refractivity contribution in [1.82, 2.24) is 19.7 Å². The standard InChI is InChI=1S/C12H18N6/c1-4-13-12-15-5-9(2)11(17-12)14-6-10-7-16-18(3)8-10/h5,7-8H,4,6H2,1-3H3,(H2,13,14,15,17). The first-order chi connectivity index (χ1) is 8.69. The van der Waals surface area contributed by atoms with Gasteiger partial charge in [0.25, 0.3) is 0 Å². The van der Waals surface area contributed by atoms with Gasteiger partial charge in [0.1, 0.15) is 5.82 Å². The van der Waals surface area contributed by atoms with Gasteiger partial charge in [-0.3, -0.25) is 4.68 Å². The third-order valence-corrected chi connectivity index (χ3v) is 2.52. The number of rotatable bonds is 5. The fourth-order valence-corrected chi connectivity index (χ4v) is 1.61. The lowest BCUT2D eigenvalue weighted by atomic mass is 10.3. The molecule has 2 aromatic rings. The summed E-state index contributed by atoms with van der Waals surface area (Å²) in [6.45, 7) is 5.52. The Labute approximate surface area is 106 Å². The topological polar surface area (TPSA) is 67.7 Å². The van der Waals surface area contributed by atoms with Crippen LogP contribution in [0.1, 0.15) is 18.1 Å². The molecular weight excluding hydrogens is 228 g/mol. The van der Waals surface area contributed by atoms with Crippen molar-refractivity contribution in [3.8, 4) is 0 Å². The second-order valence-corrected chi connectivity index (χ2v) is 4.13. The molecule has 18 heavy (non-hydrogen) atoms. The summed E-state index contributed by atoms with van der Waals surface area (Å²) in [4.78, 5) is 8.63. The third-order valence-electron chi connectivity index (χ3n) is 2.52. The van der Waals surface area contributed by atoms with E-state index in [1.54, 1.807) is 4.68 Å². The molecule has 2 N–H and O–H groups in total. The molecule has 0 aliphatic rings. The maximum Gasteiger partial charge on any atom is 0.224 e. The summed E-state index contributed by atoms with van der Waals surface area (Å²) >= 11 is 0. The molecule has 0 amide bonds. The van der Waals surface area contributed by atoms with E-state index in [0.29, 0.717) is 12.5 Å². The zero-order valence-electron chi connectivity index (χ0n) is 10.9. The van der Waals surface area contributed by atoms with Crippen molar-refractivity contribution >= 4 is 11.8 Å². The number of aryl methyl sites for hydroxylation is 2. The SMILES string of the molecule is CCNc1ncc(C)c(NCc2cnn(C)c2)n1. The molecular formula is C12H18N6. The van der Waals surface area contributed by atoms with Gasteiger partial charge in [-0.15, -0.1) is 0 Å². The molecule has 2 heterocycles. The van der Waals surface area contributed by atoms with Crippen LogP contribution in [0.4, 0.5) is 11.8 Å². The predicted octanol–water partition coefficient (Wildman–Crippen LogP) is 1.56. The van der Waals surface area contributed by atoms with Crippen LogP contribution < -0.4 is 10.6 Å². The number of hydrogen-bond acceptors (Lipinski definition) is 5. The van der Waals surface area contributed by atoms with Crippen molar-refractivity contribution in [2.24, 2.45) is 7.05 Å². The van der Waals surface area contributed by atoms with Gasteiger partial charge in [0.05, 0.1) is 6.20 Å². The first-order valence-electron chi connectivity index (χ1n) is 5.98. The molecule has 0 bridgehead atoms.